The van der Waals surface area contributed by atoms with E-state index in [4.69, 9.17) is 0 Å². The molecule has 7 heterocycles. The first-order valence-corrected chi connectivity index (χ1v) is 34.3. The minimum Gasteiger partial charge on any atom is -0.391 e. The van der Waals surface area contributed by atoms with Crippen LogP contribution in [0, 0.1) is 67.5 Å². The molecule has 3 aliphatic heterocycles. The second-order valence-corrected chi connectivity index (χ2v) is 33.9. The van der Waals surface area contributed by atoms with E-state index < -0.39 is 0 Å². The summed E-state index contributed by atoms with van der Waals surface area (Å²) in [6.45, 7) is 89.1. The molecule has 4 aromatic heterocycles. The first-order valence-electron chi connectivity index (χ1n) is 34.3. The van der Waals surface area contributed by atoms with E-state index in [1.165, 1.54) is 83.4 Å². The summed E-state index contributed by atoms with van der Waals surface area (Å²) >= 11 is 0. The standard InChI is InChI=1S/C14H18N.C13H16N.C13H21N.C12H19NO.2C12H19N.C11H17NO.2Y/c1-10-6-7-12-9-11(2)15(13(12)8-10)14(3,4)5;1-10-5-6-11-7-8-14(12(11)9-10)13(2,3)4;1-9-8-10(2)14(13(5,6)7)12(4)11(9)3;1-8-7-11(14)13(12(4,5)6)10(3)9(8)2;1-9-7-11(3)13(8-10(9)2)12(4,5)6;1-9-7-10(2)13(11(3)8-9)12(4,5)6;1-8-6-10(13)12(7-9(8)2)11(3,4)5;;/h6,8-9H,1-5H3;5,7-9H,1-4H3;8H,2H2,1,3-7H3;7H,1-6H3;7-8H,3H2,1-2,4-6H3;7-8H,2H2,1,3-6H3;6-7H,1-5H3;;/q2*-1;;;;;;;. The van der Waals surface area contributed by atoms with Crippen LogP contribution in [0.3, 0.4) is 0 Å². The molecule has 532 valence electrons. The topological polar surface area (TPSA) is 63.6 Å². The number of aryl methyl sites for hydroxylation is 6. The maximum Gasteiger partial charge on any atom is 0.251 e. The minimum absolute atomic E-state index is 0. The van der Waals surface area contributed by atoms with Crippen LogP contribution in [-0.2, 0) is 87.6 Å². The molecule has 9 nitrogen and oxygen atoms in total. The number of rotatable bonds is 0. The minimum atomic E-state index is -0.139. The van der Waals surface area contributed by atoms with Gasteiger partial charge in [0.1, 0.15) is 0 Å². The largest absolute Gasteiger partial charge is 0.391 e. The molecule has 9 rings (SSSR count). The molecule has 98 heavy (non-hydrogen) atoms. The Hall–Kier alpha value is -5.31. The van der Waals surface area contributed by atoms with Crippen molar-refractivity contribution in [1.29, 1.82) is 0 Å². The van der Waals surface area contributed by atoms with Crippen molar-refractivity contribution in [2.24, 2.45) is 0 Å². The molecule has 2 radical (unpaired) electrons. The molecule has 0 fully saturated rings. The maximum atomic E-state index is 11.8. The molecule has 2 aromatic carbocycles. The Morgan fingerprint density at radius 3 is 1.33 bits per heavy atom. The molecule has 0 atom stereocenters. The monoisotopic (exact) mass is 1480 g/mol. The van der Waals surface area contributed by atoms with Gasteiger partial charge < -0.3 is 33.0 Å². The van der Waals surface area contributed by atoms with Crippen LogP contribution < -0.4 is 11.1 Å². The van der Waals surface area contributed by atoms with E-state index in [0.717, 1.165) is 39.5 Å². The smallest absolute Gasteiger partial charge is 0.251 e. The van der Waals surface area contributed by atoms with Crippen molar-refractivity contribution in [2.75, 3.05) is 0 Å². The molecule has 0 unspecified atom stereocenters. The van der Waals surface area contributed by atoms with Crippen molar-refractivity contribution in [1.82, 2.24) is 33.0 Å². The number of hydrogen-bond acceptors (Lipinski definition) is 5. The molecule has 0 saturated carbocycles. The van der Waals surface area contributed by atoms with Gasteiger partial charge in [-0.1, -0.05) is 33.6 Å². The summed E-state index contributed by atoms with van der Waals surface area (Å²) in [5, 5.41) is 2.42. The van der Waals surface area contributed by atoms with Crippen LogP contribution in [0.2, 0.25) is 0 Å². The Morgan fingerprint density at radius 2 is 0.867 bits per heavy atom. The molecule has 6 aromatic rings. The first kappa shape index (κ1) is 90.7. The Labute approximate surface area is 647 Å². The third-order valence-electron chi connectivity index (χ3n) is 17.4. The molecule has 0 amide bonds. The van der Waals surface area contributed by atoms with Crippen LogP contribution >= 0.6 is 0 Å². The molecule has 0 N–H and O–H groups in total. The fourth-order valence-electron chi connectivity index (χ4n) is 12.5. The average molecular weight is 1480 g/mol. The van der Waals surface area contributed by atoms with E-state index in [1.54, 1.807) is 16.7 Å². The van der Waals surface area contributed by atoms with Gasteiger partial charge in [0.05, 0.1) is 0 Å². The van der Waals surface area contributed by atoms with E-state index in [-0.39, 0.29) is 115 Å². The molecule has 0 aliphatic carbocycles. The number of allylic oxidation sites excluding steroid dienone is 11. The second-order valence-electron chi connectivity index (χ2n) is 33.9. The summed E-state index contributed by atoms with van der Waals surface area (Å²) in [6, 6.07) is 22.9. The summed E-state index contributed by atoms with van der Waals surface area (Å²) < 4.78 is 8.31. The third-order valence-corrected chi connectivity index (χ3v) is 17.4. The quantitative estimate of drug-likeness (QED) is 0.142. The van der Waals surface area contributed by atoms with Crippen molar-refractivity contribution in [3.63, 3.8) is 0 Å². The average Bonchev–Trinajstić information content (AvgIpc) is 1.48. The maximum absolute atomic E-state index is 11.8. The van der Waals surface area contributed by atoms with Gasteiger partial charge in [0, 0.05) is 163 Å². The van der Waals surface area contributed by atoms with Gasteiger partial charge >= 0.3 is 0 Å². The van der Waals surface area contributed by atoms with Gasteiger partial charge in [0.15, 0.2) is 0 Å². The number of hydrogen-bond donors (Lipinski definition) is 0. The van der Waals surface area contributed by atoms with Crippen LogP contribution in [0.4, 0.5) is 0 Å². The zero-order valence-corrected chi connectivity index (χ0v) is 74.1. The molecular formula is C87H129N7O2Y2-2. The number of pyridine rings is 2. The van der Waals surface area contributed by atoms with Crippen molar-refractivity contribution in [2.45, 2.75) is 288 Å². The second kappa shape index (κ2) is 35.0. The molecule has 0 bridgehead atoms. The zero-order chi connectivity index (χ0) is 74.4. The fourth-order valence-corrected chi connectivity index (χ4v) is 12.5. The van der Waals surface area contributed by atoms with E-state index in [9.17, 15) is 9.59 Å². The summed E-state index contributed by atoms with van der Waals surface area (Å²) in [4.78, 5) is 30.2. The SMILES string of the molecule is C=C1C=C(C)C(C)=C(C)N1C(C)(C)C.C=C1C=C(C)C(C)=CN1C(C)(C)C.C=C1C=C(C)C=C(C)N1C(C)(C)C.Cc1c[c-]c2cc(C)n(C(C)(C)C)c2c1.Cc1c[c-]c2ccn(C(C)(C)C)c2c1.Cc1cc(=O)n(C(C)(C)C)c(C)c1C.Cc1cc(=O)n(C(C)(C)C)cc1C.[Y].[Y]. The summed E-state index contributed by atoms with van der Waals surface area (Å²) in [5.41, 5.74) is 25.0. The third kappa shape index (κ3) is 24.7. The van der Waals surface area contributed by atoms with Gasteiger partial charge in [0.25, 0.3) is 11.1 Å². The number of aromatic nitrogens is 4. The van der Waals surface area contributed by atoms with Crippen LogP contribution in [0.5, 0.6) is 0 Å². The molecule has 3 aliphatic rings. The van der Waals surface area contributed by atoms with E-state index >= 15 is 0 Å². The summed E-state index contributed by atoms with van der Waals surface area (Å²) in [5.74, 6) is 0. The molecule has 0 saturated heterocycles. The summed E-state index contributed by atoms with van der Waals surface area (Å²) in [6.07, 6.45) is 14.9. The van der Waals surface area contributed by atoms with Crippen LogP contribution in [0.15, 0.2) is 177 Å². The van der Waals surface area contributed by atoms with Crippen LogP contribution in [-0.4, -0.2) is 49.6 Å². The molecule has 11 heteroatoms. The zero-order valence-electron chi connectivity index (χ0n) is 68.4. The van der Waals surface area contributed by atoms with Crippen molar-refractivity contribution in [3.05, 3.63) is 245 Å². The van der Waals surface area contributed by atoms with Crippen LogP contribution in [0.25, 0.3) is 21.8 Å². The Balaban J connectivity index is 0.000000570. The van der Waals surface area contributed by atoms with Gasteiger partial charge in [-0.2, -0.15) is 0 Å². The first-order chi connectivity index (χ1) is 43.3. The van der Waals surface area contributed by atoms with Gasteiger partial charge in [-0.05, 0) is 333 Å². The van der Waals surface area contributed by atoms with E-state index in [1.807, 2.05) is 65.3 Å². The molecular weight excluding hydrogens is 1350 g/mol. The summed E-state index contributed by atoms with van der Waals surface area (Å²) in [7, 11) is 0. The Morgan fingerprint density at radius 1 is 0.408 bits per heavy atom. The Kier molecular flexibility index (Phi) is 32.4. The Bertz CT molecular complexity index is 4140. The van der Waals surface area contributed by atoms with Gasteiger partial charge in [-0.3, -0.25) is 9.59 Å². The predicted molar refractivity (Wildman–Crippen MR) is 420 cm³/mol. The van der Waals surface area contributed by atoms with Crippen molar-refractivity contribution < 1.29 is 65.4 Å². The normalized spacial score (nSPS) is 14.5. The van der Waals surface area contributed by atoms with Crippen molar-refractivity contribution >= 4 is 21.8 Å². The van der Waals surface area contributed by atoms with Gasteiger partial charge in [0.2, 0.25) is 0 Å². The number of fused-ring (bicyclic) bond motifs is 2. The predicted octanol–water partition coefficient (Wildman–Crippen LogP) is 22.8. The van der Waals surface area contributed by atoms with E-state index in [2.05, 4.69) is 324 Å². The van der Waals surface area contributed by atoms with Crippen LogP contribution in [0.1, 0.15) is 239 Å². The fraction of sp³-hybridized carbons (Fsp3) is 0.494. The van der Waals surface area contributed by atoms with Gasteiger partial charge in [-0.15, -0.1) is 70.4 Å². The van der Waals surface area contributed by atoms with Gasteiger partial charge in [-0.25, -0.2) is 0 Å². The van der Waals surface area contributed by atoms with Crippen molar-refractivity contribution in [3.8, 4) is 0 Å². The van der Waals surface area contributed by atoms with E-state index in [0.29, 0.717) is 0 Å². The molecule has 0 spiro atoms. The number of nitrogens with zero attached hydrogens (tertiary/aromatic N) is 7. The number of benzene rings is 2.